The largest absolute Gasteiger partial charge is 0.507 e. The van der Waals surface area contributed by atoms with E-state index in [9.17, 15) is 43.1 Å². The van der Waals surface area contributed by atoms with Gasteiger partial charge in [0.1, 0.15) is 5.75 Å². The standard InChI is InChI=1S/C29H21F3N2O6/c30-29(31,32)22-11-8-18(9-12-22)21-10-13-26(35)24(15-21)28(38)33-25(16-27(36)37)19-6-4-17(5-7-19)20-2-1-3-23(14-20)34(39)40/h1-15,25,35H,16H2,(H,33,38)(H,36,37). The molecule has 0 fully saturated rings. The van der Waals surface area contributed by atoms with Gasteiger partial charge in [-0.15, -0.1) is 0 Å². The number of hydrogen-bond acceptors (Lipinski definition) is 5. The Balaban J connectivity index is 1.58. The smallest absolute Gasteiger partial charge is 0.416 e. The number of hydrogen-bond donors (Lipinski definition) is 3. The fourth-order valence-electron chi connectivity index (χ4n) is 4.12. The number of nitro benzene ring substituents is 1. The van der Waals surface area contributed by atoms with Crippen molar-refractivity contribution in [1.82, 2.24) is 5.32 Å². The van der Waals surface area contributed by atoms with Gasteiger partial charge in [-0.2, -0.15) is 13.2 Å². The van der Waals surface area contributed by atoms with Gasteiger partial charge in [0.05, 0.1) is 28.5 Å². The number of nitrogens with zero attached hydrogens (tertiary/aromatic N) is 1. The van der Waals surface area contributed by atoms with Gasteiger partial charge < -0.3 is 15.5 Å². The third-order valence-corrected chi connectivity index (χ3v) is 6.17. The minimum atomic E-state index is -4.51. The number of rotatable bonds is 8. The summed E-state index contributed by atoms with van der Waals surface area (Å²) in [6.07, 6.45) is -4.99. The number of amides is 1. The normalized spacial score (nSPS) is 12.0. The van der Waals surface area contributed by atoms with Crippen molar-refractivity contribution in [2.75, 3.05) is 0 Å². The van der Waals surface area contributed by atoms with E-state index >= 15 is 0 Å². The predicted octanol–water partition coefficient (Wildman–Crippen LogP) is 6.60. The number of phenolic OH excluding ortho intramolecular Hbond substituents is 1. The topological polar surface area (TPSA) is 130 Å². The molecule has 4 rings (SSSR count). The van der Waals surface area contributed by atoms with Crippen molar-refractivity contribution in [2.45, 2.75) is 18.6 Å². The zero-order chi connectivity index (χ0) is 29.0. The maximum absolute atomic E-state index is 13.1. The maximum Gasteiger partial charge on any atom is 0.416 e. The Kier molecular flexibility index (Phi) is 7.85. The van der Waals surface area contributed by atoms with Crippen LogP contribution in [0, 0.1) is 10.1 Å². The number of carboxylic acids is 1. The van der Waals surface area contributed by atoms with E-state index in [-0.39, 0.29) is 11.3 Å². The van der Waals surface area contributed by atoms with Gasteiger partial charge in [0, 0.05) is 12.1 Å². The van der Waals surface area contributed by atoms with Crippen LogP contribution in [0.25, 0.3) is 22.3 Å². The molecule has 40 heavy (non-hydrogen) atoms. The van der Waals surface area contributed by atoms with E-state index in [0.29, 0.717) is 27.8 Å². The quantitative estimate of drug-likeness (QED) is 0.167. The molecule has 3 N–H and O–H groups in total. The summed E-state index contributed by atoms with van der Waals surface area (Å²) in [7, 11) is 0. The molecule has 8 nitrogen and oxygen atoms in total. The van der Waals surface area contributed by atoms with E-state index in [2.05, 4.69) is 5.32 Å². The lowest BCUT2D eigenvalue weighted by Gasteiger charge is -2.19. The molecule has 1 atom stereocenters. The highest BCUT2D eigenvalue weighted by atomic mass is 19.4. The summed E-state index contributed by atoms with van der Waals surface area (Å²) in [5, 5.41) is 33.4. The molecule has 0 saturated heterocycles. The Morgan fingerprint density at radius 1 is 0.850 bits per heavy atom. The Morgan fingerprint density at radius 3 is 2.00 bits per heavy atom. The minimum absolute atomic E-state index is 0.0871. The molecule has 0 aliphatic heterocycles. The first-order valence-corrected chi connectivity index (χ1v) is 11.8. The number of alkyl halides is 3. The molecule has 0 aliphatic carbocycles. The highest BCUT2D eigenvalue weighted by Crippen LogP contribution is 2.33. The number of nitro groups is 1. The van der Waals surface area contributed by atoms with E-state index in [1.807, 2.05) is 0 Å². The molecule has 0 aromatic heterocycles. The first kappa shape index (κ1) is 27.8. The Bertz CT molecular complexity index is 1570. The SMILES string of the molecule is O=C(O)CC(NC(=O)c1cc(-c2ccc(C(F)(F)F)cc2)ccc1O)c1ccc(-c2cccc([N+](=O)[O-])c2)cc1. The fourth-order valence-corrected chi connectivity index (χ4v) is 4.12. The van der Waals surface area contributed by atoms with E-state index in [0.717, 1.165) is 12.1 Å². The van der Waals surface area contributed by atoms with Crippen LogP contribution >= 0.6 is 0 Å². The summed E-state index contributed by atoms with van der Waals surface area (Å²) in [5.41, 5.74) is 1.27. The van der Waals surface area contributed by atoms with E-state index < -0.39 is 46.8 Å². The van der Waals surface area contributed by atoms with Gasteiger partial charge in [0.15, 0.2) is 0 Å². The molecule has 4 aromatic rings. The number of phenols is 1. The molecule has 1 unspecified atom stereocenters. The van der Waals surface area contributed by atoms with Gasteiger partial charge in [0.25, 0.3) is 11.6 Å². The summed E-state index contributed by atoms with van der Waals surface area (Å²) in [6, 6.07) is 19.7. The van der Waals surface area contributed by atoms with Crippen LogP contribution in [-0.4, -0.2) is 27.0 Å². The first-order valence-electron chi connectivity index (χ1n) is 11.8. The second-order valence-electron chi connectivity index (χ2n) is 8.86. The molecule has 0 radical (unpaired) electrons. The first-order chi connectivity index (χ1) is 18.9. The lowest BCUT2D eigenvalue weighted by atomic mass is 9.97. The summed E-state index contributed by atoms with van der Waals surface area (Å²) in [6.45, 7) is 0. The third-order valence-electron chi connectivity index (χ3n) is 6.17. The molecule has 11 heteroatoms. The van der Waals surface area contributed by atoms with Crippen LogP contribution in [0.4, 0.5) is 18.9 Å². The number of carboxylic acid groups (broad SMARTS) is 1. The van der Waals surface area contributed by atoms with Crippen LogP contribution in [0.1, 0.15) is 33.9 Å². The van der Waals surface area contributed by atoms with Crippen molar-refractivity contribution in [3.8, 4) is 28.0 Å². The molecule has 4 aromatic carbocycles. The third kappa shape index (κ3) is 6.44. The van der Waals surface area contributed by atoms with Crippen molar-refractivity contribution in [2.24, 2.45) is 0 Å². The lowest BCUT2D eigenvalue weighted by molar-refractivity contribution is -0.384. The van der Waals surface area contributed by atoms with Crippen LogP contribution in [0.5, 0.6) is 5.75 Å². The molecule has 0 aliphatic rings. The number of aromatic hydroxyl groups is 1. The monoisotopic (exact) mass is 550 g/mol. The van der Waals surface area contributed by atoms with Crippen molar-refractivity contribution in [3.63, 3.8) is 0 Å². The maximum atomic E-state index is 13.1. The summed E-state index contributed by atoms with van der Waals surface area (Å²) in [4.78, 5) is 35.2. The summed E-state index contributed by atoms with van der Waals surface area (Å²) < 4.78 is 38.7. The van der Waals surface area contributed by atoms with Crippen molar-refractivity contribution in [1.29, 1.82) is 0 Å². The number of carbonyl (C=O) groups excluding carboxylic acids is 1. The Hall–Kier alpha value is -5.19. The van der Waals surface area contributed by atoms with Crippen LogP contribution < -0.4 is 5.32 Å². The number of aliphatic carboxylic acids is 1. The molecule has 0 bridgehead atoms. The van der Waals surface area contributed by atoms with Gasteiger partial charge in [-0.1, -0.05) is 54.6 Å². The average molecular weight is 550 g/mol. The van der Waals surface area contributed by atoms with Crippen molar-refractivity contribution < 1.29 is 37.9 Å². The zero-order valence-electron chi connectivity index (χ0n) is 20.6. The van der Waals surface area contributed by atoms with Gasteiger partial charge in [-0.05, 0) is 52.1 Å². The van der Waals surface area contributed by atoms with Crippen molar-refractivity contribution >= 4 is 17.6 Å². The van der Waals surface area contributed by atoms with E-state index in [1.54, 1.807) is 36.4 Å². The highest BCUT2D eigenvalue weighted by molar-refractivity contribution is 5.98. The Labute approximate surface area is 225 Å². The van der Waals surface area contributed by atoms with Crippen LogP contribution in [0.15, 0.2) is 91.0 Å². The van der Waals surface area contributed by atoms with Gasteiger partial charge >= 0.3 is 12.1 Å². The Morgan fingerprint density at radius 2 is 1.43 bits per heavy atom. The van der Waals surface area contributed by atoms with Crippen LogP contribution in [0.3, 0.4) is 0 Å². The molecule has 0 heterocycles. The highest BCUT2D eigenvalue weighted by Gasteiger charge is 2.30. The molecular formula is C29H21F3N2O6. The van der Waals surface area contributed by atoms with Crippen molar-refractivity contribution in [3.05, 3.63) is 118 Å². The summed E-state index contributed by atoms with van der Waals surface area (Å²) in [5.74, 6) is -2.39. The molecule has 0 saturated carbocycles. The number of nitrogens with one attached hydrogen (secondary N) is 1. The van der Waals surface area contributed by atoms with Crippen LogP contribution in [0.2, 0.25) is 0 Å². The number of carbonyl (C=O) groups is 2. The number of non-ortho nitro benzene ring substituents is 1. The van der Waals surface area contributed by atoms with Crippen LogP contribution in [-0.2, 0) is 11.0 Å². The van der Waals surface area contributed by atoms with Gasteiger partial charge in [0.2, 0.25) is 0 Å². The fraction of sp³-hybridized carbons (Fsp3) is 0.103. The van der Waals surface area contributed by atoms with Gasteiger partial charge in [-0.25, -0.2) is 0 Å². The second kappa shape index (κ2) is 11.3. The second-order valence-corrected chi connectivity index (χ2v) is 8.86. The molecule has 204 valence electrons. The zero-order valence-corrected chi connectivity index (χ0v) is 20.6. The molecule has 0 spiro atoms. The van der Waals surface area contributed by atoms with Gasteiger partial charge in [-0.3, -0.25) is 19.7 Å². The summed E-state index contributed by atoms with van der Waals surface area (Å²) >= 11 is 0. The lowest BCUT2D eigenvalue weighted by Crippen LogP contribution is -2.30. The molecule has 1 amide bonds. The number of benzene rings is 4. The molecular weight excluding hydrogens is 529 g/mol. The van der Waals surface area contributed by atoms with E-state index in [4.69, 9.17) is 0 Å². The average Bonchev–Trinajstić information content (AvgIpc) is 2.92. The predicted molar refractivity (Wildman–Crippen MR) is 140 cm³/mol. The minimum Gasteiger partial charge on any atom is -0.507 e. The number of halogens is 3. The van der Waals surface area contributed by atoms with E-state index in [1.165, 1.54) is 42.5 Å².